The van der Waals surface area contributed by atoms with Gasteiger partial charge in [0.2, 0.25) is 6.29 Å². The van der Waals surface area contributed by atoms with E-state index in [0.717, 1.165) is 10.5 Å². The summed E-state index contributed by atoms with van der Waals surface area (Å²) in [7, 11) is 1.26. The Kier molecular flexibility index (Phi) is 9.78. The molecule has 3 rings (SSSR count). The molecular formula is C24H34NO10+. The summed E-state index contributed by atoms with van der Waals surface area (Å²) in [6.45, 7) is 4.52. The zero-order valence-electron chi connectivity index (χ0n) is 19.5. The Labute approximate surface area is 203 Å². The number of esters is 1. The maximum absolute atomic E-state index is 12.4. The smallest absolute Gasteiger partial charge is 0.337 e. The molecule has 3 aliphatic rings. The second-order valence-electron chi connectivity index (χ2n) is 8.51. The Balaban J connectivity index is 1.82. The van der Waals surface area contributed by atoms with Crippen LogP contribution in [0.2, 0.25) is 0 Å². The number of carbonyl (C=O) groups is 1. The minimum atomic E-state index is -1.61. The lowest BCUT2D eigenvalue weighted by Gasteiger charge is -2.42. The summed E-state index contributed by atoms with van der Waals surface area (Å²) in [6.07, 6.45) is 3.84. The van der Waals surface area contributed by atoms with Crippen LogP contribution >= 0.6 is 0 Å². The van der Waals surface area contributed by atoms with Gasteiger partial charge in [-0.25, -0.2) is 4.79 Å². The molecule has 35 heavy (non-hydrogen) atoms. The minimum Gasteiger partial charge on any atom is -0.471 e. The molecule has 0 spiro atoms. The van der Waals surface area contributed by atoms with Crippen molar-refractivity contribution in [3.05, 3.63) is 60.6 Å². The minimum absolute atomic E-state index is 0.0569. The first-order chi connectivity index (χ1) is 16.8. The Morgan fingerprint density at radius 2 is 2.00 bits per heavy atom. The Morgan fingerprint density at radius 1 is 1.23 bits per heavy atom. The number of carbonyl (C=O) groups excluding carboxylic acids is 1. The predicted octanol–water partition coefficient (Wildman–Crippen LogP) is -2.48. The number of ether oxygens (including phenoxy) is 4. The van der Waals surface area contributed by atoms with Crippen LogP contribution in [0.3, 0.4) is 0 Å². The van der Waals surface area contributed by atoms with Crippen LogP contribution < -0.4 is 4.90 Å². The Bertz CT molecular complexity index is 866. The van der Waals surface area contributed by atoms with Gasteiger partial charge in [-0.05, 0) is 12.2 Å². The van der Waals surface area contributed by atoms with Gasteiger partial charge < -0.3 is 49.4 Å². The van der Waals surface area contributed by atoms with Crippen LogP contribution in [0.15, 0.2) is 60.6 Å². The molecule has 0 radical (unpaired) electrons. The number of methoxy groups -OCH3 is 1. The van der Waals surface area contributed by atoms with Crippen LogP contribution in [-0.2, 0) is 23.7 Å². The molecule has 9 atom stereocenters. The molecule has 0 aliphatic carbocycles. The number of quaternary nitrogens is 1. The van der Waals surface area contributed by atoms with Crippen molar-refractivity contribution < 1.29 is 54.2 Å². The van der Waals surface area contributed by atoms with Gasteiger partial charge in [-0.1, -0.05) is 18.2 Å². The van der Waals surface area contributed by atoms with Crippen molar-refractivity contribution in [2.24, 2.45) is 11.8 Å². The normalized spacial score (nSPS) is 37.4. The molecule has 6 N–H and O–H groups in total. The lowest BCUT2D eigenvalue weighted by atomic mass is 9.83. The highest BCUT2D eigenvalue weighted by molar-refractivity contribution is 5.89. The van der Waals surface area contributed by atoms with Gasteiger partial charge in [0.15, 0.2) is 6.29 Å². The van der Waals surface area contributed by atoms with Gasteiger partial charge in [-0.3, -0.25) is 0 Å². The monoisotopic (exact) mass is 496 g/mol. The fourth-order valence-electron chi connectivity index (χ4n) is 4.26. The van der Waals surface area contributed by atoms with Crippen molar-refractivity contribution in [2.45, 2.75) is 37.0 Å². The average molecular weight is 497 g/mol. The van der Waals surface area contributed by atoms with Gasteiger partial charge in [0.25, 0.3) is 0 Å². The molecule has 3 aliphatic heterocycles. The number of rotatable bonds is 9. The number of aliphatic hydroxyl groups is 5. The van der Waals surface area contributed by atoms with Crippen molar-refractivity contribution in [1.29, 1.82) is 0 Å². The first-order valence-electron chi connectivity index (χ1n) is 11.4. The highest BCUT2D eigenvalue weighted by Gasteiger charge is 2.47. The van der Waals surface area contributed by atoms with Crippen molar-refractivity contribution in [1.82, 2.24) is 0 Å². The molecule has 1 fully saturated rings. The number of allylic oxidation sites excluding steroid dienone is 3. The molecule has 0 aromatic rings. The fraction of sp³-hybridized carbons (Fsp3) is 0.542. The second-order valence-corrected chi connectivity index (χ2v) is 8.51. The van der Waals surface area contributed by atoms with Gasteiger partial charge in [0.1, 0.15) is 37.5 Å². The van der Waals surface area contributed by atoms with Crippen molar-refractivity contribution in [3.63, 3.8) is 0 Å². The van der Waals surface area contributed by atoms with Crippen LogP contribution in [0.25, 0.3) is 0 Å². The van der Waals surface area contributed by atoms with Crippen molar-refractivity contribution in [3.8, 4) is 0 Å². The largest absolute Gasteiger partial charge is 0.471 e. The SMILES string of the molecule is C=CC1C(OC2OC(CO)C(O)C(O)C2O)OC=C(C(=O)OC)C1C=CC1=CC=C[NH+](CCO)C1. The van der Waals surface area contributed by atoms with Gasteiger partial charge in [0.05, 0.1) is 44.3 Å². The van der Waals surface area contributed by atoms with Crippen LogP contribution in [0.1, 0.15) is 0 Å². The molecule has 0 aromatic carbocycles. The van der Waals surface area contributed by atoms with Crippen molar-refractivity contribution in [2.75, 3.05) is 33.4 Å². The fourth-order valence-corrected chi connectivity index (χ4v) is 4.26. The molecule has 11 heteroatoms. The topological polar surface area (TPSA) is 160 Å². The zero-order chi connectivity index (χ0) is 25.5. The number of aliphatic hydroxyl groups excluding tert-OH is 5. The first kappa shape index (κ1) is 27.2. The van der Waals surface area contributed by atoms with E-state index in [9.17, 15) is 30.3 Å². The molecule has 3 heterocycles. The van der Waals surface area contributed by atoms with E-state index in [2.05, 4.69) is 6.58 Å². The third kappa shape index (κ3) is 6.26. The van der Waals surface area contributed by atoms with E-state index in [1.165, 1.54) is 19.4 Å². The average Bonchev–Trinajstić information content (AvgIpc) is 2.87. The summed E-state index contributed by atoms with van der Waals surface area (Å²) in [5.74, 6) is -1.79. The van der Waals surface area contributed by atoms with Crippen molar-refractivity contribution >= 4 is 5.97 Å². The molecule has 11 nitrogen and oxygen atoms in total. The van der Waals surface area contributed by atoms with Gasteiger partial charge >= 0.3 is 5.97 Å². The number of hydrogen-bond acceptors (Lipinski definition) is 10. The summed E-state index contributed by atoms with van der Waals surface area (Å²) < 4.78 is 21.8. The van der Waals surface area contributed by atoms with E-state index in [1.54, 1.807) is 0 Å². The van der Waals surface area contributed by atoms with Crippen LogP contribution in [0, 0.1) is 11.8 Å². The lowest BCUT2D eigenvalue weighted by molar-refractivity contribution is -0.842. The van der Waals surface area contributed by atoms with E-state index in [0.29, 0.717) is 13.1 Å². The molecule has 0 amide bonds. The third-order valence-corrected chi connectivity index (χ3v) is 6.25. The summed E-state index contributed by atoms with van der Waals surface area (Å²) in [4.78, 5) is 13.5. The van der Waals surface area contributed by atoms with Gasteiger partial charge in [0, 0.05) is 11.5 Å². The molecule has 0 saturated carbocycles. The second kappa shape index (κ2) is 12.6. The van der Waals surface area contributed by atoms with E-state index in [-0.39, 0.29) is 12.2 Å². The van der Waals surface area contributed by atoms with Crippen LogP contribution in [0.5, 0.6) is 0 Å². The Morgan fingerprint density at radius 3 is 2.66 bits per heavy atom. The predicted molar refractivity (Wildman–Crippen MR) is 121 cm³/mol. The highest BCUT2D eigenvalue weighted by Crippen LogP contribution is 2.36. The van der Waals surface area contributed by atoms with E-state index in [4.69, 9.17) is 18.9 Å². The molecule has 9 unspecified atom stereocenters. The first-order valence-corrected chi connectivity index (χ1v) is 11.4. The van der Waals surface area contributed by atoms with E-state index >= 15 is 0 Å². The number of nitrogens with one attached hydrogen (secondary N) is 1. The molecule has 0 bridgehead atoms. The third-order valence-electron chi connectivity index (χ3n) is 6.25. The summed E-state index contributed by atoms with van der Waals surface area (Å²) in [5.41, 5.74) is 1.20. The summed E-state index contributed by atoms with van der Waals surface area (Å²) >= 11 is 0. The highest BCUT2D eigenvalue weighted by atomic mass is 16.8. The molecule has 194 valence electrons. The standard InChI is InChI=1S/C24H33NO10/c1-3-15-16(7-6-14-5-4-8-25(11-14)9-10-26)17(22(31)32-2)13-33-23(15)35-24-21(30)20(29)19(28)18(12-27)34-24/h3-8,13,15-16,18-21,23-24,26-30H,1,9-12H2,2H3/p+1. The number of hydrogen-bond donors (Lipinski definition) is 6. The zero-order valence-corrected chi connectivity index (χ0v) is 19.5. The maximum atomic E-state index is 12.4. The molecule has 1 saturated heterocycles. The quantitative estimate of drug-likeness (QED) is 0.149. The summed E-state index contributed by atoms with van der Waals surface area (Å²) in [6, 6.07) is 0. The van der Waals surface area contributed by atoms with E-state index < -0.39 is 61.4 Å². The summed E-state index contributed by atoms with van der Waals surface area (Å²) in [5, 5.41) is 49.0. The lowest BCUT2D eigenvalue weighted by Crippen LogP contribution is -3.08. The maximum Gasteiger partial charge on any atom is 0.337 e. The van der Waals surface area contributed by atoms with Gasteiger partial charge in [-0.15, -0.1) is 6.58 Å². The van der Waals surface area contributed by atoms with Crippen LogP contribution in [0.4, 0.5) is 0 Å². The van der Waals surface area contributed by atoms with Crippen LogP contribution in [-0.4, -0.2) is 102 Å². The van der Waals surface area contributed by atoms with Gasteiger partial charge in [-0.2, -0.15) is 0 Å². The molecule has 0 aromatic heterocycles. The molecular weight excluding hydrogens is 462 g/mol. The Hall–Kier alpha value is -2.35. The van der Waals surface area contributed by atoms with E-state index in [1.807, 2.05) is 30.5 Å².